The van der Waals surface area contributed by atoms with Crippen LogP contribution in [0.4, 0.5) is 0 Å². The number of fused-ring (bicyclic) bond motifs is 1. The van der Waals surface area contributed by atoms with Crippen LogP contribution in [0.25, 0.3) is 16.8 Å². The molecular formula is C28H27N. The molecular weight excluding hydrogens is 350 g/mol. The van der Waals surface area contributed by atoms with Crippen molar-refractivity contribution in [2.45, 2.75) is 19.5 Å². The van der Waals surface area contributed by atoms with Crippen molar-refractivity contribution in [2.75, 3.05) is 6.54 Å². The van der Waals surface area contributed by atoms with Gasteiger partial charge in [-0.3, -0.25) is 4.90 Å². The SMILES string of the molecule is C[C@@H](c1ccc2ccccc2c1)N(C/C=C/c1ccccc1)Cc1ccccc1. The van der Waals surface area contributed by atoms with Crippen LogP contribution < -0.4 is 0 Å². The normalized spacial score (nSPS) is 12.6. The zero-order valence-electron chi connectivity index (χ0n) is 16.9. The molecule has 0 radical (unpaired) electrons. The fourth-order valence-corrected chi connectivity index (χ4v) is 3.74. The molecule has 0 amide bonds. The Morgan fingerprint density at radius 1 is 0.724 bits per heavy atom. The second-order valence-electron chi connectivity index (χ2n) is 7.51. The summed E-state index contributed by atoms with van der Waals surface area (Å²) >= 11 is 0. The van der Waals surface area contributed by atoms with Crippen molar-refractivity contribution in [3.8, 4) is 0 Å². The van der Waals surface area contributed by atoms with Crippen molar-refractivity contribution in [1.29, 1.82) is 0 Å². The third-order valence-corrected chi connectivity index (χ3v) is 5.48. The summed E-state index contributed by atoms with van der Waals surface area (Å²) in [5.41, 5.74) is 3.94. The summed E-state index contributed by atoms with van der Waals surface area (Å²) in [5, 5.41) is 2.60. The van der Waals surface area contributed by atoms with E-state index < -0.39 is 0 Å². The van der Waals surface area contributed by atoms with Crippen LogP contribution in [0.1, 0.15) is 29.7 Å². The van der Waals surface area contributed by atoms with E-state index in [1.807, 2.05) is 0 Å². The largest absolute Gasteiger partial charge is 0.289 e. The lowest BCUT2D eigenvalue weighted by Crippen LogP contribution is -2.26. The van der Waals surface area contributed by atoms with Gasteiger partial charge in [-0.15, -0.1) is 0 Å². The molecule has 0 N–H and O–H groups in total. The molecule has 0 saturated carbocycles. The van der Waals surface area contributed by atoms with Crippen LogP contribution in [-0.4, -0.2) is 11.4 Å². The lowest BCUT2D eigenvalue weighted by Gasteiger charge is -2.29. The maximum Gasteiger partial charge on any atom is 0.0326 e. The van der Waals surface area contributed by atoms with E-state index in [1.54, 1.807) is 0 Å². The predicted octanol–water partition coefficient (Wildman–Crippen LogP) is 7.12. The number of nitrogens with zero attached hydrogens (tertiary/aromatic N) is 1. The molecule has 0 fully saturated rings. The van der Waals surface area contributed by atoms with Crippen molar-refractivity contribution in [2.24, 2.45) is 0 Å². The minimum Gasteiger partial charge on any atom is -0.289 e. The fourth-order valence-electron chi connectivity index (χ4n) is 3.74. The van der Waals surface area contributed by atoms with Crippen molar-refractivity contribution in [3.05, 3.63) is 126 Å². The van der Waals surface area contributed by atoms with Crippen molar-refractivity contribution in [1.82, 2.24) is 4.90 Å². The Morgan fingerprint density at radius 2 is 1.38 bits per heavy atom. The quantitative estimate of drug-likeness (QED) is 0.331. The van der Waals surface area contributed by atoms with Gasteiger partial charge >= 0.3 is 0 Å². The number of hydrogen-bond donors (Lipinski definition) is 0. The van der Waals surface area contributed by atoms with Gasteiger partial charge in [-0.1, -0.05) is 109 Å². The average molecular weight is 378 g/mol. The highest BCUT2D eigenvalue weighted by atomic mass is 15.1. The van der Waals surface area contributed by atoms with Gasteiger partial charge in [0.15, 0.2) is 0 Å². The summed E-state index contributed by atoms with van der Waals surface area (Å²) in [6.45, 7) is 4.13. The number of rotatable bonds is 7. The molecule has 0 saturated heterocycles. The Hall–Kier alpha value is -3.16. The Balaban J connectivity index is 1.58. The molecule has 0 aliphatic heterocycles. The van der Waals surface area contributed by atoms with E-state index in [-0.39, 0.29) is 0 Å². The van der Waals surface area contributed by atoms with E-state index in [9.17, 15) is 0 Å². The lowest BCUT2D eigenvalue weighted by molar-refractivity contribution is 0.225. The number of benzene rings is 4. The summed E-state index contributed by atoms with van der Waals surface area (Å²) in [6, 6.07) is 37.0. The van der Waals surface area contributed by atoms with Crippen molar-refractivity contribution < 1.29 is 0 Å². The highest BCUT2D eigenvalue weighted by Crippen LogP contribution is 2.26. The molecule has 4 aromatic rings. The Morgan fingerprint density at radius 3 is 2.14 bits per heavy atom. The molecule has 0 heterocycles. The van der Waals surface area contributed by atoms with E-state index in [0.29, 0.717) is 6.04 Å². The van der Waals surface area contributed by atoms with Crippen LogP contribution >= 0.6 is 0 Å². The first-order valence-corrected chi connectivity index (χ1v) is 10.3. The van der Waals surface area contributed by atoms with Crippen LogP contribution in [0.3, 0.4) is 0 Å². The number of hydrogen-bond acceptors (Lipinski definition) is 1. The molecule has 4 rings (SSSR count). The molecule has 0 unspecified atom stereocenters. The first-order valence-electron chi connectivity index (χ1n) is 10.3. The van der Waals surface area contributed by atoms with Gasteiger partial charge in [0.2, 0.25) is 0 Å². The van der Waals surface area contributed by atoms with Crippen molar-refractivity contribution >= 4 is 16.8 Å². The molecule has 0 aliphatic carbocycles. The van der Waals surface area contributed by atoms with Crippen LogP contribution in [0, 0.1) is 0 Å². The molecule has 0 bridgehead atoms. The minimum atomic E-state index is 0.320. The smallest absolute Gasteiger partial charge is 0.0326 e. The predicted molar refractivity (Wildman–Crippen MR) is 125 cm³/mol. The van der Waals surface area contributed by atoms with E-state index >= 15 is 0 Å². The third kappa shape index (κ3) is 5.01. The zero-order chi connectivity index (χ0) is 19.9. The topological polar surface area (TPSA) is 3.24 Å². The monoisotopic (exact) mass is 377 g/mol. The van der Waals surface area contributed by atoms with E-state index in [1.165, 1.54) is 27.5 Å². The van der Waals surface area contributed by atoms with Crippen LogP contribution in [-0.2, 0) is 6.54 Å². The van der Waals surface area contributed by atoms with Gasteiger partial charge < -0.3 is 0 Å². The lowest BCUT2D eigenvalue weighted by atomic mass is 10.0. The van der Waals surface area contributed by atoms with E-state index in [0.717, 1.165) is 13.1 Å². The molecule has 144 valence electrons. The highest BCUT2D eigenvalue weighted by Gasteiger charge is 2.15. The zero-order valence-corrected chi connectivity index (χ0v) is 16.9. The Labute approximate surface area is 173 Å². The van der Waals surface area contributed by atoms with Gasteiger partial charge in [0.05, 0.1) is 0 Å². The molecule has 0 spiro atoms. The second kappa shape index (κ2) is 9.36. The Kier molecular flexibility index (Phi) is 6.19. The summed E-state index contributed by atoms with van der Waals surface area (Å²) in [6.07, 6.45) is 4.49. The van der Waals surface area contributed by atoms with E-state index in [2.05, 4.69) is 127 Å². The summed E-state index contributed by atoms with van der Waals surface area (Å²) < 4.78 is 0. The van der Waals surface area contributed by atoms with Gasteiger partial charge in [0, 0.05) is 19.1 Å². The van der Waals surface area contributed by atoms with E-state index in [4.69, 9.17) is 0 Å². The van der Waals surface area contributed by atoms with Crippen LogP contribution in [0.15, 0.2) is 109 Å². The van der Waals surface area contributed by atoms with Crippen molar-refractivity contribution in [3.63, 3.8) is 0 Å². The third-order valence-electron chi connectivity index (χ3n) is 5.48. The van der Waals surface area contributed by atoms with Gasteiger partial charge in [0.1, 0.15) is 0 Å². The maximum atomic E-state index is 2.53. The van der Waals surface area contributed by atoms with Gasteiger partial charge in [-0.2, -0.15) is 0 Å². The molecule has 1 heteroatoms. The molecule has 1 nitrogen and oxygen atoms in total. The summed E-state index contributed by atoms with van der Waals surface area (Å²) in [4.78, 5) is 2.53. The maximum absolute atomic E-state index is 2.53. The van der Waals surface area contributed by atoms with Crippen LogP contribution in [0.2, 0.25) is 0 Å². The van der Waals surface area contributed by atoms with Gasteiger partial charge in [0.25, 0.3) is 0 Å². The standard InChI is InChI=1S/C28H27N/c1-23(27-19-18-26-16-8-9-17-28(26)21-27)29(22-25-13-6-3-7-14-25)20-10-15-24-11-4-2-5-12-24/h2-19,21,23H,20,22H2,1H3/b15-10+/t23-/m0/s1. The fraction of sp³-hybridized carbons (Fsp3) is 0.143. The molecule has 29 heavy (non-hydrogen) atoms. The second-order valence-corrected chi connectivity index (χ2v) is 7.51. The summed E-state index contributed by atoms with van der Waals surface area (Å²) in [5.74, 6) is 0. The Bertz CT molecular complexity index is 1070. The molecule has 4 aromatic carbocycles. The average Bonchev–Trinajstić information content (AvgIpc) is 2.79. The minimum absolute atomic E-state index is 0.320. The highest BCUT2D eigenvalue weighted by molar-refractivity contribution is 5.83. The first-order chi connectivity index (χ1) is 14.3. The van der Waals surface area contributed by atoms with Gasteiger partial charge in [-0.25, -0.2) is 0 Å². The first kappa shape index (κ1) is 19.2. The van der Waals surface area contributed by atoms with Crippen LogP contribution in [0.5, 0.6) is 0 Å². The molecule has 0 aliphatic rings. The summed E-state index contributed by atoms with van der Waals surface area (Å²) in [7, 11) is 0. The van der Waals surface area contributed by atoms with Gasteiger partial charge in [-0.05, 0) is 40.5 Å². The molecule has 0 aromatic heterocycles. The molecule has 1 atom stereocenters.